The number of rotatable bonds is 6. The summed E-state index contributed by atoms with van der Waals surface area (Å²) in [6, 6.07) is 8.38. The van der Waals surface area contributed by atoms with Crippen LogP contribution in [-0.4, -0.2) is 56.2 Å². The second kappa shape index (κ2) is 9.29. The van der Waals surface area contributed by atoms with Crippen molar-refractivity contribution in [2.45, 2.75) is 17.7 Å². The van der Waals surface area contributed by atoms with E-state index in [9.17, 15) is 0 Å². The minimum atomic E-state index is 0.891. The molecule has 0 atom stereocenters. The molecule has 0 saturated heterocycles. The number of halogens is 1. The van der Waals surface area contributed by atoms with Gasteiger partial charge in [0.05, 0.1) is 0 Å². The van der Waals surface area contributed by atoms with Gasteiger partial charge in [0.2, 0.25) is 0 Å². The predicted octanol–water partition coefficient (Wildman–Crippen LogP) is 3.80. The van der Waals surface area contributed by atoms with Gasteiger partial charge >= 0.3 is 0 Å². The SMILES string of the molecule is CN(C)C(=NCCCCSc1ccccc1Br)N(C)C. The largest absolute Gasteiger partial charge is 0.349 e. The van der Waals surface area contributed by atoms with Crippen LogP contribution in [0.3, 0.4) is 0 Å². The highest BCUT2D eigenvalue weighted by atomic mass is 79.9. The van der Waals surface area contributed by atoms with Crippen molar-refractivity contribution in [1.82, 2.24) is 9.80 Å². The first-order valence-corrected chi connectivity index (χ1v) is 8.56. The molecule has 0 fully saturated rings. The zero-order valence-electron chi connectivity index (χ0n) is 12.8. The van der Waals surface area contributed by atoms with Crippen LogP contribution in [0.5, 0.6) is 0 Å². The van der Waals surface area contributed by atoms with E-state index in [1.807, 2.05) is 46.0 Å². The fraction of sp³-hybridized carbons (Fsp3) is 0.533. The van der Waals surface area contributed by atoms with Crippen LogP contribution in [0.25, 0.3) is 0 Å². The van der Waals surface area contributed by atoms with Gasteiger partial charge in [0, 0.05) is 44.1 Å². The van der Waals surface area contributed by atoms with E-state index in [1.54, 1.807) is 0 Å². The number of guanidine groups is 1. The summed E-state index contributed by atoms with van der Waals surface area (Å²) < 4.78 is 1.19. The lowest BCUT2D eigenvalue weighted by Crippen LogP contribution is -2.35. The van der Waals surface area contributed by atoms with Crippen molar-refractivity contribution in [2.24, 2.45) is 4.99 Å². The number of hydrogen-bond acceptors (Lipinski definition) is 2. The van der Waals surface area contributed by atoms with Crippen molar-refractivity contribution in [3.63, 3.8) is 0 Å². The molecule has 0 radical (unpaired) electrons. The van der Waals surface area contributed by atoms with Gasteiger partial charge in [-0.05, 0) is 46.7 Å². The van der Waals surface area contributed by atoms with Gasteiger partial charge in [-0.25, -0.2) is 0 Å². The number of thioether (sulfide) groups is 1. The molecule has 112 valence electrons. The lowest BCUT2D eigenvalue weighted by atomic mass is 10.3. The topological polar surface area (TPSA) is 18.8 Å². The molecule has 0 bridgehead atoms. The number of unbranched alkanes of at least 4 members (excludes halogenated alkanes) is 1. The average Bonchev–Trinajstić information content (AvgIpc) is 2.38. The summed E-state index contributed by atoms with van der Waals surface area (Å²) in [7, 11) is 8.12. The highest BCUT2D eigenvalue weighted by molar-refractivity contribution is 9.10. The van der Waals surface area contributed by atoms with E-state index < -0.39 is 0 Å². The number of aliphatic imine (C=N–C) groups is 1. The molecule has 1 aromatic carbocycles. The smallest absolute Gasteiger partial charge is 0.195 e. The molecule has 0 unspecified atom stereocenters. The van der Waals surface area contributed by atoms with Gasteiger partial charge in [0.25, 0.3) is 0 Å². The zero-order valence-corrected chi connectivity index (χ0v) is 15.2. The Hall–Kier alpha value is -0.680. The average molecular weight is 358 g/mol. The molecule has 20 heavy (non-hydrogen) atoms. The Morgan fingerprint density at radius 2 is 1.75 bits per heavy atom. The monoisotopic (exact) mass is 357 g/mol. The fourth-order valence-corrected chi connectivity index (χ4v) is 3.40. The fourth-order valence-electron chi connectivity index (χ4n) is 1.82. The molecule has 0 aliphatic rings. The molecule has 0 aromatic heterocycles. The van der Waals surface area contributed by atoms with E-state index in [-0.39, 0.29) is 0 Å². The third-order valence-corrected chi connectivity index (χ3v) is 4.81. The number of nitrogens with zero attached hydrogens (tertiary/aromatic N) is 3. The normalized spacial score (nSPS) is 10.2. The molecule has 0 heterocycles. The molecule has 0 N–H and O–H groups in total. The van der Waals surface area contributed by atoms with Gasteiger partial charge in [-0.2, -0.15) is 0 Å². The van der Waals surface area contributed by atoms with Gasteiger partial charge in [-0.1, -0.05) is 12.1 Å². The Kier molecular flexibility index (Phi) is 8.07. The summed E-state index contributed by atoms with van der Waals surface area (Å²) in [6.45, 7) is 0.891. The van der Waals surface area contributed by atoms with Crippen molar-refractivity contribution in [1.29, 1.82) is 0 Å². The third kappa shape index (κ3) is 6.18. The van der Waals surface area contributed by atoms with E-state index in [1.165, 1.54) is 15.8 Å². The van der Waals surface area contributed by atoms with Gasteiger partial charge < -0.3 is 9.80 Å². The number of hydrogen-bond donors (Lipinski definition) is 0. The quantitative estimate of drug-likeness (QED) is 0.334. The molecule has 3 nitrogen and oxygen atoms in total. The maximum Gasteiger partial charge on any atom is 0.195 e. The Morgan fingerprint density at radius 1 is 1.10 bits per heavy atom. The summed E-state index contributed by atoms with van der Waals surface area (Å²) in [5.74, 6) is 2.17. The van der Waals surface area contributed by atoms with Crippen LogP contribution in [0.1, 0.15) is 12.8 Å². The van der Waals surface area contributed by atoms with E-state index >= 15 is 0 Å². The van der Waals surface area contributed by atoms with Crippen molar-refractivity contribution >= 4 is 33.7 Å². The highest BCUT2D eigenvalue weighted by Gasteiger charge is 2.03. The van der Waals surface area contributed by atoms with Gasteiger partial charge in [-0.3, -0.25) is 4.99 Å². The van der Waals surface area contributed by atoms with Crippen molar-refractivity contribution in [3.8, 4) is 0 Å². The second-order valence-corrected chi connectivity index (χ2v) is 6.95. The van der Waals surface area contributed by atoms with Gasteiger partial charge in [0.15, 0.2) is 5.96 Å². The molecule has 0 aliphatic heterocycles. The van der Waals surface area contributed by atoms with Crippen LogP contribution in [0.4, 0.5) is 0 Å². The van der Waals surface area contributed by atoms with Crippen LogP contribution in [0.15, 0.2) is 38.6 Å². The molecular weight excluding hydrogens is 334 g/mol. The molecule has 1 aromatic rings. The summed E-state index contributed by atoms with van der Waals surface area (Å²) >= 11 is 5.48. The van der Waals surface area contributed by atoms with Gasteiger partial charge in [-0.15, -0.1) is 11.8 Å². The van der Waals surface area contributed by atoms with Crippen LogP contribution in [0, 0.1) is 0 Å². The van der Waals surface area contributed by atoms with Crippen molar-refractivity contribution in [3.05, 3.63) is 28.7 Å². The minimum Gasteiger partial charge on any atom is -0.349 e. The Labute approximate surface area is 135 Å². The third-order valence-electron chi connectivity index (χ3n) is 2.70. The second-order valence-electron chi connectivity index (χ2n) is 4.96. The Bertz CT molecular complexity index is 423. The lowest BCUT2D eigenvalue weighted by molar-refractivity contribution is 0.479. The van der Waals surface area contributed by atoms with Crippen LogP contribution in [-0.2, 0) is 0 Å². The molecule has 0 spiro atoms. The van der Waals surface area contributed by atoms with E-state index in [0.717, 1.165) is 24.7 Å². The lowest BCUT2D eigenvalue weighted by Gasteiger charge is -2.22. The van der Waals surface area contributed by atoms with E-state index in [2.05, 4.69) is 48.9 Å². The van der Waals surface area contributed by atoms with E-state index in [4.69, 9.17) is 0 Å². The van der Waals surface area contributed by atoms with Gasteiger partial charge in [0.1, 0.15) is 0 Å². The predicted molar refractivity (Wildman–Crippen MR) is 93.8 cm³/mol. The van der Waals surface area contributed by atoms with Crippen LogP contribution < -0.4 is 0 Å². The van der Waals surface area contributed by atoms with E-state index in [0.29, 0.717) is 0 Å². The maximum atomic E-state index is 4.63. The Balaban J connectivity index is 2.26. The first kappa shape index (κ1) is 17.4. The van der Waals surface area contributed by atoms with Crippen LogP contribution in [0.2, 0.25) is 0 Å². The standard InChI is InChI=1S/C15H24BrN3S/c1-18(2)15(19(3)4)17-11-7-8-12-20-14-10-6-5-9-13(14)16/h5-6,9-10H,7-8,11-12H2,1-4H3. The van der Waals surface area contributed by atoms with Crippen LogP contribution >= 0.6 is 27.7 Å². The molecule has 0 aliphatic carbocycles. The summed E-state index contributed by atoms with van der Waals surface area (Å²) in [6.07, 6.45) is 2.31. The molecular formula is C15H24BrN3S. The molecule has 0 saturated carbocycles. The molecule has 0 amide bonds. The summed E-state index contributed by atoms with van der Waals surface area (Å²) in [4.78, 5) is 10.1. The zero-order chi connectivity index (χ0) is 15.0. The summed E-state index contributed by atoms with van der Waals surface area (Å²) in [5, 5.41) is 0. The first-order valence-electron chi connectivity index (χ1n) is 6.79. The molecule has 5 heteroatoms. The minimum absolute atomic E-state index is 0.891. The summed E-state index contributed by atoms with van der Waals surface area (Å²) in [5.41, 5.74) is 0. The Morgan fingerprint density at radius 3 is 2.35 bits per heavy atom. The number of benzene rings is 1. The van der Waals surface area contributed by atoms with Crippen molar-refractivity contribution in [2.75, 3.05) is 40.5 Å². The van der Waals surface area contributed by atoms with Crippen molar-refractivity contribution < 1.29 is 0 Å². The highest BCUT2D eigenvalue weighted by Crippen LogP contribution is 2.27. The maximum absolute atomic E-state index is 4.63. The molecule has 1 rings (SSSR count). The first-order chi connectivity index (χ1) is 9.52.